The van der Waals surface area contributed by atoms with Crippen molar-refractivity contribution in [3.63, 3.8) is 0 Å². The highest BCUT2D eigenvalue weighted by Gasteiger charge is 2.24. The number of hydrogen-bond acceptors (Lipinski definition) is 4. The SMILES string of the molecule is CC(C)(C)OC(=O)N[C@@H](Cc1ccc(OCc2c(Cl)cccc2Cl)cc1)C(=O)CCl. The van der Waals surface area contributed by atoms with Gasteiger partial charge in [0.25, 0.3) is 0 Å². The largest absolute Gasteiger partial charge is 0.489 e. The molecule has 0 heterocycles. The Morgan fingerprint density at radius 3 is 2.17 bits per heavy atom. The zero-order valence-electron chi connectivity index (χ0n) is 17.0. The Balaban J connectivity index is 2.01. The van der Waals surface area contributed by atoms with Crippen LogP contribution in [0.5, 0.6) is 5.75 Å². The summed E-state index contributed by atoms with van der Waals surface area (Å²) in [6, 6.07) is 11.7. The van der Waals surface area contributed by atoms with Crippen molar-refractivity contribution in [2.75, 3.05) is 5.88 Å². The van der Waals surface area contributed by atoms with E-state index in [9.17, 15) is 9.59 Å². The number of amides is 1. The van der Waals surface area contributed by atoms with E-state index in [4.69, 9.17) is 44.3 Å². The summed E-state index contributed by atoms with van der Waals surface area (Å²) in [5.74, 6) is 0.117. The van der Waals surface area contributed by atoms with Gasteiger partial charge in [-0.25, -0.2) is 4.79 Å². The maximum atomic E-state index is 12.2. The normalized spacial score (nSPS) is 12.2. The van der Waals surface area contributed by atoms with Crippen molar-refractivity contribution in [3.8, 4) is 5.75 Å². The molecule has 0 spiro atoms. The van der Waals surface area contributed by atoms with Crippen molar-refractivity contribution in [3.05, 3.63) is 63.6 Å². The number of alkyl halides is 1. The molecule has 1 atom stereocenters. The zero-order valence-corrected chi connectivity index (χ0v) is 19.3. The molecule has 1 N–H and O–H groups in total. The molecular formula is C22H24Cl3NO4. The van der Waals surface area contributed by atoms with E-state index in [-0.39, 0.29) is 24.7 Å². The highest BCUT2D eigenvalue weighted by atomic mass is 35.5. The lowest BCUT2D eigenvalue weighted by molar-refractivity contribution is -0.118. The summed E-state index contributed by atoms with van der Waals surface area (Å²) in [5, 5.41) is 3.66. The van der Waals surface area contributed by atoms with Crippen LogP contribution in [0.3, 0.4) is 0 Å². The number of nitrogens with one attached hydrogen (secondary N) is 1. The first-order valence-corrected chi connectivity index (χ1v) is 10.6. The van der Waals surface area contributed by atoms with Gasteiger partial charge in [0.15, 0.2) is 5.78 Å². The molecule has 0 radical (unpaired) electrons. The van der Waals surface area contributed by atoms with Gasteiger partial charge in [0.1, 0.15) is 18.0 Å². The number of rotatable bonds is 8. The molecule has 5 nitrogen and oxygen atoms in total. The third-order valence-electron chi connectivity index (χ3n) is 4.02. The van der Waals surface area contributed by atoms with E-state index in [2.05, 4.69) is 5.32 Å². The van der Waals surface area contributed by atoms with Crippen LogP contribution in [-0.4, -0.2) is 29.4 Å². The van der Waals surface area contributed by atoms with Gasteiger partial charge in [0.05, 0.1) is 11.9 Å². The minimum Gasteiger partial charge on any atom is -0.489 e. The van der Waals surface area contributed by atoms with Crippen LogP contribution in [0.1, 0.15) is 31.9 Å². The first-order chi connectivity index (χ1) is 14.1. The number of benzene rings is 2. The summed E-state index contributed by atoms with van der Waals surface area (Å²) in [6.07, 6.45) is -0.385. The molecule has 0 aliphatic carbocycles. The number of ether oxygens (including phenoxy) is 2. The quantitative estimate of drug-likeness (QED) is 0.492. The second-order valence-electron chi connectivity index (χ2n) is 7.64. The molecule has 2 rings (SSSR count). The van der Waals surface area contributed by atoms with Gasteiger partial charge in [-0.3, -0.25) is 4.79 Å². The highest BCUT2D eigenvalue weighted by molar-refractivity contribution is 6.35. The number of Topliss-reactive ketones (excluding diaryl/α,β-unsaturated/α-hetero) is 1. The minimum absolute atomic E-state index is 0.208. The lowest BCUT2D eigenvalue weighted by atomic mass is 10.0. The fourth-order valence-electron chi connectivity index (χ4n) is 2.57. The van der Waals surface area contributed by atoms with Gasteiger partial charge in [-0.1, -0.05) is 41.4 Å². The molecule has 2 aromatic rings. The third-order valence-corrected chi connectivity index (χ3v) is 4.99. The minimum atomic E-state index is -0.786. The molecule has 0 fully saturated rings. The van der Waals surface area contributed by atoms with Crippen molar-refractivity contribution >= 4 is 46.7 Å². The maximum Gasteiger partial charge on any atom is 0.408 e. The second-order valence-corrected chi connectivity index (χ2v) is 8.72. The number of alkyl carbamates (subject to hydrolysis) is 1. The summed E-state index contributed by atoms with van der Waals surface area (Å²) < 4.78 is 11.0. The van der Waals surface area contributed by atoms with E-state index in [0.717, 1.165) is 5.56 Å². The molecule has 0 aromatic heterocycles. The first kappa shape index (κ1) is 24.3. The van der Waals surface area contributed by atoms with Gasteiger partial charge in [0, 0.05) is 15.6 Å². The zero-order chi connectivity index (χ0) is 22.3. The van der Waals surface area contributed by atoms with Crippen LogP contribution in [0.25, 0.3) is 0 Å². The molecule has 0 saturated carbocycles. The van der Waals surface area contributed by atoms with Crippen LogP contribution in [0.4, 0.5) is 4.79 Å². The highest BCUT2D eigenvalue weighted by Crippen LogP contribution is 2.26. The Labute approximate surface area is 191 Å². The maximum absolute atomic E-state index is 12.2. The summed E-state index contributed by atoms with van der Waals surface area (Å²) in [7, 11) is 0. The predicted molar refractivity (Wildman–Crippen MR) is 120 cm³/mol. The summed E-state index contributed by atoms with van der Waals surface area (Å²) in [6.45, 7) is 5.48. The number of hydrogen-bond donors (Lipinski definition) is 1. The van der Waals surface area contributed by atoms with Gasteiger partial charge < -0.3 is 14.8 Å². The van der Waals surface area contributed by atoms with Crippen LogP contribution >= 0.6 is 34.8 Å². The molecule has 0 aliphatic heterocycles. The molecule has 30 heavy (non-hydrogen) atoms. The van der Waals surface area contributed by atoms with E-state index in [1.807, 2.05) is 12.1 Å². The van der Waals surface area contributed by atoms with E-state index in [1.165, 1.54) is 0 Å². The predicted octanol–water partition coefficient (Wildman–Crippen LogP) is 5.82. The van der Waals surface area contributed by atoms with Crippen molar-refractivity contribution in [2.24, 2.45) is 0 Å². The van der Waals surface area contributed by atoms with Crippen LogP contribution in [0.15, 0.2) is 42.5 Å². The van der Waals surface area contributed by atoms with E-state index in [1.54, 1.807) is 51.1 Å². The van der Waals surface area contributed by atoms with Gasteiger partial charge in [-0.2, -0.15) is 0 Å². The molecule has 162 valence electrons. The van der Waals surface area contributed by atoms with Gasteiger partial charge in [-0.15, -0.1) is 11.6 Å². The Kier molecular flexibility index (Phi) is 8.83. The molecule has 8 heteroatoms. The Morgan fingerprint density at radius 2 is 1.63 bits per heavy atom. The lowest BCUT2D eigenvalue weighted by Crippen LogP contribution is -2.45. The van der Waals surface area contributed by atoms with Crippen LogP contribution in [0, 0.1) is 0 Å². The number of ketones is 1. The molecular weight excluding hydrogens is 449 g/mol. The van der Waals surface area contributed by atoms with E-state index in [0.29, 0.717) is 21.4 Å². The number of carbonyl (C=O) groups is 2. The monoisotopic (exact) mass is 471 g/mol. The average Bonchev–Trinajstić information content (AvgIpc) is 2.66. The topological polar surface area (TPSA) is 64.6 Å². The van der Waals surface area contributed by atoms with Crippen molar-refractivity contribution in [1.29, 1.82) is 0 Å². The van der Waals surface area contributed by atoms with Crippen molar-refractivity contribution in [1.82, 2.24) is 5.32 Å². The van der Waals surface area contributed by atoms with Gasteiger partial charge in [0.2, 0.25) is 0 Å². The lowest BCUT2D eigenvalue weighted by Gasteiger charge is -2.23. The number of carbonyl (C=O) groups excluding carboxylic acids is 2. The van der Waals surface area contributed by atoms with Crippen molar-refractivity contribution < 1.29 is 19.1 Å². The molecule has 0 saturated heterocycles. The summed E-state index contributed by atoms with van der Waals surface area (Å²) >= 11 is 18.0. The van der Waals surface area contributed by atoms with Crippen molar-refractivity contribution in [2.45, 2.75) is 45.4 Å². The third kappa shape index (κ3) is 7.71. The Bertz CT molecular complexity index is 859. The fraction of sp³-hybridized carbons (Fsp3) is 0.364. The average molecular weight is 473 g/mol. The van der Waals surface area contributed by atoms with Gasteiger partial charge >= 0.3 is 6.09 Å². The molecule has 2 aromatic carbocycles. The van der Waals surface area contributed by atoms with Gasteiger partial charge in [-0.05, 0) is 57.0 Å². The summed E-state index contributed by atoms with van der Waals surface area (Å²) in [5.41, 5.74) is 0.874. The molecule has 1 amide bonds. The fourth-order valence-corrected chi connectivity index (χ4v) is 3.26. The number of halogens is 3. The smallest absolute Gasteiger partial charge is 0.408 e. The van der Waals surface area contributed by atoms with Crippen LogP contribution in [-0.2, 0) is 22.6 Å². The van der Waals surface area contributed by atoms with Crippen LogP contribution < -0.4 is 10.1 Å². The van der Waals surface area contributed by atoms with E-state index < -0.39 is 17.7 Å². The first-order valence-electron chi connectivity index (χ1n) is 9.32. The Morgan fingerprint density at radius 1 is 1.03 bits per heavy atom. The van der Waals surface area contributed by atoms with Crippen LogP contribution in [0.2, 0.25) is 10.0 Å². The summed E-state index contributed by atoms with van der Waals surface area (Å²) in [4.78, 5) is 24.2. The molecule has 0 unspecified atom stereocenters. The molecule has 0 aliphatic rings. The Hall–Kier alpha value is -1.95. The van der Waals surface area contributed by atoms with E-state index >= 15 is 0 Å². The molecule has 0 bridgehead atoms. The standard InChI is InChI=1S/C22H24Cl3NO4/c1-22(2,3)30-21(28)26-19(20(27)12-23)11-14-7-9-15(10-8-14)29-13-16-17(24)5-4-6-18(16)25/h4-10,19H,11-13H2,1-3H3,(H,26,28)/t19-/m0/s1. The second kappa shape index (κ2) is 10.9.